The molecule has 120 valence electrons. The molecule has 0 radical (unpaired) electrons. The van der Waals surface area contributed by atoms with Crippen LogP contribution in [0.4, 0.5) is 0 Å². The number of ketones is 1. The van der Waals surface area contributed by atoms with Crippen molar-refractivity contribution in [3.63, 3.8) is 0 Å². The van der Waals surface area contributed by atoms with Gasteiger partial charge in [0, 0.05) is 5.56 Å². The van der Waals surface area contributed by atoms with Gasteiger partial charge < -0.3 is 14.2 Å². The molecule has 0 fully saturated rings. The lowest BCUT2D eigenvalue weighted by molar-refractivity contribution is 0.0600. The molecule has 0 aliphatic heterocycles. The fourth-order valence-corrected chi connectivity index (χ4v) is 2.13. The highest BCUT2D eigenvalue weighted by atomic mass is 35.5. The van der Waals surface area contributed by atoms with Gasteiger partial charge in [0.15, 0.2) is 12.4 Å². The van der Waals surface area contributed by atoms with Crippen molar-refractivity contribution in [1.82, 2.24) is 0 Å². The zero-order valence-electron chi connectivity index (χ0n) is 12.7. The third-order valence-electron chi connectivity index (χ3n) is 3.12. The quantitative estimate of drug-likeness (QED) is 0.598. The number of carbonyl (C=O) groups is 2. The monoisotopic (exact) mass is 334 g/mol. The Hall–Kier alpha value is -2.53. The molecule has 2 aromatic carbocycles. The van der Waals surface area contributed by atoms with E-state index in [2.05, 4.69) is 4.74 Å². The molecule has 6 heteroatoms. The molecule has 2 rings (SSSR count). The Bertz CT molecular complexity index is 709. The minimum atomic E-state index is -0.430. The summed E-state index contributed by atoms with van der Waals surface area (Å²) in [4.78, 5) is 23.4. The Balaban J connectivity index is 1.99. The van der Waals surface area contributed by atoms with Crippen LogP contribution in [0.3, 0.4) is 0 Å². The van der Waals surface area contributed by atoms with Gasteiger partial charge in [-0.05, 0) is 42.5 Å². The van der Waals surface area contributed by atoms with Crippen LogP contribution in [0.2, 0.25) is 5.02 Å². The van der Waals surface area contributed by atoms with Gasteiger partial charge in [-0.1, -0.05) is 11.6 Å². The lowest BCUT2D eigenvalue weighted by Gasteiger charge is -2.08. The first-order valence-corrected chi connectivity index (χ1v) is 7.11. The van der Waals surface area contributed by atoms with Crippen LogP contribution >= 0.6 is 11.6 Å². The molecule has 5 nitrogen and oxygen atoms in total. The van der Waals surface area contributed by atoms with E-state index in [4.69, 9.17) is 21.1 Å². The first-order chi connectivity index (χ1) is 11.0. The summed E-state index contributed by atoms with van der Waals surface area (Å²) in [5.41, 5.74) is 0.843. The molecular weight excluding hydrogens is 320 g/mol. The van der Waals surface area contributed by atoms with Gasteiger partial charge in [-0.3, -0.25) is 4.79 Å². The van der Waals surface area contributed by atoms with Gasteiger partial charge in [0.2, 0.25) is 0 Å². The van der Waals surface area contributed by atoms with Gasteiger partial charge in [0.1, 0.15) is 11.5 Å². The molecule has 0 aliphatic carbocycles. The maximum Gasteiger partial charge on any atom is 0.337 e. The number of Topliss-reactive ketones (excluding diaryl/α,β-unsaturated/α-hetero) is 1. The molecule has 0 aliphatic rings. The number of carbonyl (C=O) groups excluding carboxylic acids is 2. The van der Waals surface area contributed by atoms with Crippen molar-refractivity contribution in [1.29, 1.82) is 0 Å². The fraction of sp³-hybridized carbons (Fsp3) is 0.176. The van der Waals surface area contributed by atoms with Gasteiger partial charge in [0.05, 0.1) is 24.8 Å². The average molecular weight is 335 g/mol. The second-order valence-electron chi connectivity index (χ2n) is 4.58. The van der Waals surface area contributed by atoms with E-state index in [1.54, 1.807) is 36.4 Å². The standard InChI is InChI=1S/C17H15ClO5/c1-21-16-8-5-12(9-14(16)18)15(19)10-23-13-6-3-11(4-7-13)17(20)22-2/h3-9H,10H2,1-2H3. The van der Waals surface area contributed by atoms with Gasteiger partial charge >= 0.3 is 5.97 Å². The maximum absolute atomic E-state index is 12.1. The van der Waals surface area contributed by atoms with E-state index in [9.17, 15) is 9.59 Å². The predicted octanol–water partition coefficient (Wildman–Crippen LogP) is 3.40. The summed E-state index contributed by atoms with van der Waals surface area (Å²) in [6, 6.07) is 11.1. The summed E-state index contributed by atoms with van der Waals surface area (Å²) in [7, 11) is 2.81. The SMILES string of the molecule is COC(=O)c1ccc(OCC(=O)c2ccc(OC)c(Cl)c2)cc1. The zero-order chi connectivity index (χ0) is 16.8. The summed E-state index contributed by atoms with van der Waals surface area (Å²) in [5, 5.41) is 0.362. The summed E-state index contributed by atoms with van der Waals surface area (Å²) in [6.45, 7) is -0.139. The number of halogens is 1. The molecular formula is C17H15ClO5. The van der Waals surface area contributed by atoms with Crippen LogP contribution in [0.25, 0.3) is 0 Å². The largest absolute Gasteiger partial charge is 0.495 e. The molecule has 0 amide bonds. The van der Waals surface area contributed by atoms with Crippen molar-refractivity contribution in [2.75, 3.05) is 20.8 Å². The molecule has 23 heavy (non-hydrogen) atoms. The Kier molecular flexibility index (Phi) is 5.60. The molecule has 0 heterocycles. The van der Waals surface area contributed by atoms with E-state index in [0.717, 1.165) is 0 Å². The van der Waals surface area contributed by atoms with Gasteiger partial charge in [-0.15, -0.1) is 0 Å². The van der Waals surface area contributed by atoms with Gasteiger partial charge in [0.25, 0.3) is 0 Å². The van der Waals surface area contributed by atoms with Crippen LogP contribution in [0.15, 0.2) is 42.5 Å². The summed E-state index contributed by atoms with van der Waals surface area (Å²) < 4.78 is 15.1. The highest BCUT2D eigenvalue weighted by molar-refractivity contribution is 6.32. The molecule has 0 saturated heterocycles. The van der Waals surface area contributed by atoms with Gasteiger partial charge in [-0.25, -0.2) is 4.79 Å². The van der Waals surface area contributed by atoms with Crippen molar-refractivity contribution in [2.24, 2.45) is 0 Å². The second-order valence-corrected chi connectivity index (χ2v) is 4.98. The number of hydrogen-bond donors (Lipinski definition) is 0. The second kappa shape index (κ2) is 7.65. The number of hydrogen-bond acceptors (Lipinski definition) is 5. The fourth-order valence-electron chi connectivity index (χ4n) is 1.88. The minimum absolute atomic E-state index is 0.139. The van der Waals surface area contributed by atoms with Crippen molar-refractivity contribution in [2.45, 2.75) is 0 Å². The van der Waals surface area contributed by atoms with Gasteiger partial charge in [-0.2, -0.15) is 0 Å². The van der Waals surface area contributed by atoms with E-state index < -0.39 is 5.97 Å². The Morgan fingerprint density at radius 3 is 2.22 bits per heavy atom. The van der Waals surface area contributed by atoms with Crippen LogP contribution in [0, 0.1) is 0 Å². The van der Waals surface area contributed by atoms with Crippen LogP contribution in [0.5, 0.6) is 11.5 Å². The minimum Gasteiger partial charge on any atom is -0.495 e. The molecule has 0 unspecified atom stereocenters. The molecule has 0 atom stereocenters. The van der Waals surface area contributed by atoms with Crippen LogP contribution in [-0.2, 0) is 4.74 Å². The van der Waals surface area contributed by atoms with Crippen molar-refractivity contribution >= 4 is 23.4 Å². The number of esters is 1. The van der Waals surface area contributed by atoms with Crippen LogP contribution < -0.4 is 9.47 Å². The van der Waals surface area contributed by atoms with Crippen molar-refractivity contribution in [3.8, 4) is 11.5 Å². The molecule has 2 aromatic rings. The summed E-state index contributed by atoms with van der Waals surface area (Å²) in [5.74, 6) is 0.334. The summed E-state index contributed by atoms with van der Waals surface area (Å²) >= 11 is 5.99. The van der Waals surface area contributed by atoms with E-state index in [-0.39, 0.29) is 12.4 Å². The predicted molar refractivity (Wildman–Crippen MR) is 85.6 cm³/mol. The van der Waals surface area contributed by atoms with Crippen LogP contribution in [0.1, 0.15) is 20.7 Å². The Morgan fingerprint density at radius 1 is 1.00 bits per heavy atom. The summed E-state index contributed by atoms with van der Waals surface area (Å²) in [6.07, 6.45) is 0. The number of rotatable bonds is 6. The Morgan fingerprint density at radius 2 is 1.65 bits per heavy atom. The van der Waals surface area contributed by atoms with Crippen molar-refractivity contribution in [3.05, 3.63) is 58.6 Å². The van der Waals surface area contributed by atoms with E-state index >= 15 is 0 Å². The first-order valence-electron chi connectivity index (χ1n) is 6.73. The third-order valence-corrected chi connectivity index (χ3v) is 3.41. The molecule has 0 N–H and O–H groups in total. The lowest BCUT2D eigenvalue weighted by atomic mass is 10.1. The zero-order valence-corrected chi connectivity index (χ0v) is 13.4. The normalized spacial score (nSPS) is 10.0. The number of benzene rings is 2. The number of methoxy groups -OCH3 is 2. The lowest BCUT2D eigenvalue weighted by Crippen LogP contribution is -2.11. The van der Waals surface area contributed by atoms with E-state index in [0.29, 0.717) is 27.6 Å². The number of ether oxygens (including phenoxy) is 3. The first kappa shape index (κ1) is 16.8. The van der Waals surface area contributed by atoms with E-state index in [1.165, 1.54) is 20.3 Å². The molecule has 0 saturated carbocycles. The molecule has 0 bridgehead atoms. The van der Waals surface area contributed by atoms with Crippen LogP contribution in [-0.4, -0.2) is 32.6 Å². The third kappa shape index (κ3) is 4.23. The smallest absolute Gasteiger partial charge is 0.337 e. The highest BCUT2D eigenvalue weighted by Crippen LogP contribution is 2.25. The Labute approximate surface area is 138 Å². The molecule has 0 aromatic heterocycles. The average Bonchev–Trinajstić information content (AvgIpc) is 2.59. The molecule has 0 spiro atoms. The maximum atomic E-state index is 12.1. The topological polar surface area (TPSA) is 61.8 Å². The van der Waals surface area contributed by atoms with E-state index in [1.807, 2.05) is 0 Å². The van der Waals surface area contributed by atoms with Crippen molar-refractivity contribution < 1.29 is 23.8 Å². The highest BCUT2D eigenvalue weighted by Gasteiger charge is 2.11.